The van der Waals surface area contributed by atoms with Gasteiger partial charge in [0.1, 0.15) is 0 Å². The van der Waals surface area contributed by atoms with Crippen molar-refractivity contribution in [2.24, 2.45) is 5.73 Å². The largest absolute Gasteiger partial charge is 0.397 e. The highest BCUT2D eigenvalue weighted by molar-refractivity contribution is 5.94. The molecule has 1 aromatic carbocycles. The Morgan fingerprint density at radius 3 is 2.24 bits per heavy atom. The second-order valence-electron chi connectivity index (χ2n) is 3.57. The minimum atomic E-state index is -0.542. The first kappa shape index (κ1) is 13.3. The molecule has 0 aliphatic heterocycles. The van der Waals surface area contributed by atoms with Crippen LogP contribution in [0.3, 0.4) is 0 Å². The zero-order valence-corrected chi connectivity index (χ0v) is 9.47. The Hall–Kier alpha value is -1.79. The minimum absolute atomic E-state index is 0.0446. The normalized spacial score (nSPS) is 10.2. The Balaban J connectivity index is 2.99. The van der Waals surface area contributed by atoms with Crippen LogP contribution in [0.1, 0.15) is 10.4 Å². The van der Waals surface area contributed by atoms with Crippen molar-refractivity contribution < 1.29 is 15.0 Å². The molecule has 6 N–H and O–H groups in total. The van der Waals surface area contributed by atoms with E-state index in [9.17, 15) is 4.79 Å². The van der Waals surface area contributed by atoms with Crippen molar-refractivity contribution in [3.8, 4) is 0 Å². The van der Waals surface area contributed by atoms with Gasteiger partial charge in [0.2, 0.25) is 5.91 Å². The van der Waals surface area contributed by atoms with E-state index < -0.39 is 5.91 Å². The summed E-state index contributed by atoms with van der Waals surface area (Å²) in [4.78, 5) is 12.7. The molecule has 6 nitrogen and oxygen atoms in total. The van der Waals surface area contributed by atoms with E-state index >= 15 is 0 Å². The number of primary amides is 1. The lowest BCUT2D eigenvalue weighted by molar-refractivity contribution is 0.100. The van der Waals surface area contributed by atoms with Crippen LogP contribution in [0.15, 0.2) is 18.2 Å². The van der Waals surface area contributed by atoms with Gasteiger partial charge in [-0.25, -0.2) is 0 Å². The maximum Gasteiger partial charge on any atom is 0.248 e. The number of aliphatic hydroxyl groups excluding tert-OH is 2. The molecule has 0 aliphatic carbocycles. The molecule has 0 heterocycles. The summed E-state index contributed by atoms with van der Waals surface area (Å²) >= 11 is 0. The van der Waals surface area contributed by atoms with E-state index in [0.717, 1.165) is 0 Å². The Labute approximate surface area is 99.4 Å². The summed E-state index contributed by atoms with van der Waals surface area (Å²) in [7, 11) is 0. The Morgan fingerprint density at radius 1 is 1.24 bits per heavy atom. The number of benzene rings is 1. The zero-order valence-electron chi connectivity index (χ0n) is 9.47. The number of carbonyl (C=O) groups is 1. The molecule has 0 aliphatic rings. The molecule has 0 aromatic heterocycles. The lowest BCUT2D eigenvalue weighted by Gasteiger charge is -2.24. The van der Waals surface area contributed by atoms with Crippen molar-refractivity contribution in [3.63, 3.8) is 0 Å². The van der Waals surface area contributed by atoms with Crippen LogP contribution in [0.25, 0.3) is 0 Å². The molecule has 0 fully saturated rings. The predicted molar refractivity (Wildman–Crippen MR) is 65.8 cm³/mol. The highest BCUT2D eigenvalue weighted by Gasteiger charge is 2.10. The number of nitrogens with two attached hydrogens (primary N) is 2. The standard InChI is InChI=1S/C11H17N3O3/c12-9-7-8(11(13)17)1-2-10(9)14(3-5-15)4-6-16/h1-2,7,15-16H,3-6,12H2,(H2,13,17). The lowest BCUT2D eigenvalue weighted by Crippen LogP contribution is -2.30. The van der Waals surface area contributed by atoms with Gasteiger partial charge >= 0.3 is 0 Å². The second kappa shape index (κ2) is 6.07. The summed E-state index contributed by atoms with van der Waals surface area (Å²) in [6.07, 6.45) is 0. The van der Waals surface area contributed by atoms with Gasteiger partial charge in [0, 0.05) is 18.7 Å². The monoisotopic (exact) mass is 239 g/mol. The Bertz CT molecular complexity index is 390. The second-order valence-corrected chi connectivity index (χ2v) is 3.57. The lowest BCUT2D eigenvalue weighted by atomic mass is 10.1. The van der Waals surface area contributed by atoms with Crippen LogP contribution in [0.2, 0.25) is 0 Å². The van der Waals surface area contributed by atoms with Crippen LogP contribution in [-0.4, -0.2) is 42.4 Å². The fourth-order valence-corrected chi connectivity index (χ4v) is 1.59. The molecule has 0 bridgehead atoms. The predicted octanol–water partition coefficient (Wildman–Crippen LogP) is -0.841. The molecule has 17 heavy (non-hydrogen) atoms. The molecule has 1 aromatic rings. The molecule has 94 valence electrons. The van der Waals surface area contributed by atoms with Gasteiger partial charge in [0.05, 0.1) is 24.6 Å². The van der Waals surface area contributed by atoms with Crippen molar-refractivity contribution in [1.82, 2.24) is 0 Å². The summed E-state index contributed by atoms with van der Waals surface area (Å²) in [5.41, 5.74) is 12.3. The van der Waals surface area contributed by atoms with Crippen LogP contribution < -0.4 is 16.4 Å². The van der Waals surface area contributed by atoms with Crippen molar-refractivity contribution in [2.45, 2.75) is 0 Å². The van der Waals surface area contributed by atoms with E-state index in [2.05, 4.69) is 0 Å². The summed E-state index contributed by atoms with van der Waals surface area (Å²) in [5, 5.41) is 17.8. The first-order valence-electron chi connectivity index (χ1n) is 5.26. The maximum absolute atomic E-state index is 11.0. The number of anilines is 2. The SMILES string of the molecule is NC(=O)c1ccc(N(CCO)CCO)c(N)c1. The zero-order chi connectivity index (χ0) is 12.8. The highest BCUT2D eigenvalue weighted by atomic mass is 16.3. The van der Waals surface area contributed by atoms with Gasteiger partial charge in [-0.3, -0.25) is 4.79 Å². The first-order valence-corrected chi connectivity index (χ1v) is 5.26. The summed E-state index contributed by atoms with van der Waals surface area (Å²) in [6, 6.07) is 4.70. The maximum atomic E-state index is 11.0. The van der Waals surface area contributed by atoms with Crippen molar-refractivity contribution >= 4 is 17.3 Å². The number of hydrogen-bond acceptors (Lipinski definition) is 5. The number of amides is 1. The molecule has 0 atom stereocenters. The number of hydrogen-bond donors (Lipinski definition) is 4. The van der Waals surface area contributed by atoms with Crippen molar-refractivity contribution in [2.75, 3.05) is 36.9 Å². The Kier molecular flexibility index (Phi) is 4.74. The smallest absolute Gasteiger partial charge is 0.248 e. The summed E-state index contributed by atoms with van der Waals surface area (Å²) < 4.78 is 0. The third kappa shape index (κ3) is 3.33. The molecule has 0 unspecified atom stereocenters. The quantitative estimate of drug-likeness (QED) is 0.483. The molecule has 6 heteroatoms. The fourth-order valence-electron chi connectivity index (χ4n) is 1.59. The van der Waals surface area contributed by atoms with Gasteiger partial charge in [-0.2, -0.15) is 0 Å². The van der Waals surface area contributed by atoms with Crippen LogP contribution in [0.4, 0.5) is 11.4 Å². The molecule has 0 spiro atoms. The Morgan fingerprint density at radius 2 is 1.82 bits per heavy atom. The topological polar surface area (TPSA) is 113 Å². The van der Waals surface area contributed by atoms with Crippen LogP contribution in [0, 0.1) is 0 Å². The van der Waals surface area contributed by atoms with Crippen LogP contribution in [-0.2, 0) is 0 Å². The van der Waals surface area contributed by atoms with Gasteiger partial charge in [-0.05, 0) is 18.2 Å². The third-order valence-corrected chi connectivity index (χ3v) is 2.39. The fraction of sp³-hybridized carbons (Fsp3) is 0.364. The number of aliphatic hydroxyl groups is 2. The molecule has 1 rings (SSSR count). The van der Waals surface area contributed by atoms with E-state index in [1.165, 1.54) is 6.07 Å². The van der Waals surface area contributed by atoms with Crippen LogP contribution in [0.5, 0.6) is 0 Å². The molecule has 0 saturated carbocycles. The van der Waals surface area contributed by atoms with E-state index in [0.29, 0.717) is 30.0 Å². The average molecular weight is 239 g/mol. The highest BCUT2D eigenvalue weighted by Crippen LogP contribution is 2.23. The number of nitrogens with zero attached hydrogens (tertiary/aromatic N) is 1. The van der Waals surface area contributed by atoms with Gasteiger partial charge in [0.15, 0.2) is 0 Å². The minimum Gasteiger partial charge on any atom is -0.397 e. The molecule has 0 saturated heterocycles. The summed E-state index contributed by atoms with van der Waals surface area (Å²) in [6.45, 7) is 0.634. The number of carbonyl (C=O) groups excluding carboxylic acids is 1. The van der Waals surface area contributed by atoms with Gasteiger partial charge in [-0.1, -0.05) is 0 Å². The van der Waals surface area contributed by atoms with E-state index in [-0.39, 0.29) is 13.2 Å². The van der Waals surface area contributed by atoms with Crippen molar-refractivity contribution in [1.29, 1.82) is 0 Å². The third-order valence-electron chi connectivity index (χ3n) is 2.39. The molecule has 1 amide bonds. The van der Waals surface area contributed by atoms with Gasteiger partial charge in [-0.15, -0.1) is 0 Å². The van der Waals surface area contributed by atoms with Gasteiger partial charge in [0.25, 0.3) is 0 Å². The molecule has 0 radical (unpaired) electrons. The number of rotatable bonds is 6. The van der Waals surface area contributed by atoms with Crippen molar-refractivity contribution in [3.05, 3.63) is 23.8 Å². The van der Waals surface area contributed by atoms with E-state index in [1.54, 1.807) is 17.0 Å². The molecular formula is C11H17N3O3. The van der Waals surface area contributed by atoms with Gasteiger partial charge < -0.3 is 26.6 Å². The average Bonchev–Trinajstić information content (AvgIpc) is 2.28. The summed E-state index contributed by atoms with van der Waals surface area (Å²) in [5.74, 6) is -0.542. The molecular weight excluding hydrogens is 222 g/mol. The van der Waals surface area contributed by atoms with E-state index in [1.807, 2.05) is 0 Å². The van der Waals surface area contributed by atoms with E-state index in [4.69, 9.17) is 21.7 Å². The van der Waals surface area contributed by atoms with Crippen LogP contribution >= 0.6 is 0 Å². The first-order chi connectivity index (χ1) is 8.10. The number of nitrogen functional groups attached to an aromatic ring is 1.